The number of hydrogen-bond donors (Lipinski definition) is 0. The van der Waals surface area contributed by atoms with Crippen molar-refractivity contribution in [1.29, 1.82) is 0 Å². The molecule has 1 saturated heterocycles. The molecular formula is C15H22FNO6. The molecule has 1 fully saturated rings. The van der Waals surface area contributed by atoms with Crippen LogP contribution in [0.25, 0.3) is 0 Å². The van der Waals surface area contributed by atoms with Crippen LogP contribution < -0.4 is 0 Å². The van der Waals surface area contributed by atoms with Crippen LogP contribution in [-0.2, 0) is 23.9 Å². The fourth-order valence-electron chi connectivity index (χ4n) is 2.17. The number of rotatable bonds is 5. The number of ketones is 2. The van der Waals surface area contributed by atoms with Crippen LogP contribution in [0.5, 0.6) is 0 Å². The molecule has 0 aromatic heterocycles. The van der Waals surface area contributed by atoms with Gasteiger partial charge in [0, 0.05) is 6.42 Å². The normalized spacial score (nSPS) is 21.0. The van der Waals surface area contributed by atoms with Crippen molar-refractivity contribution in [3.8, 4) is 0 Å². The van der Waals surface area contributed by atoms with Crippen LogP contribution in [0.2, 0.25) is 0 Å². The summed E-state index contributed by atoms with van der Waals surface area (Å²) < 4.78 is 23.3. The minimum Gasteiger partial charge on any atom is -0.460 e. The van der Waals surface area contributed by atoms with Gasteiger partial charge in [0.2, 0.25) is 5.78 Å². The van der Waals surface area contributed by atoms with Crippen molar-refractivity contribution < 1.29 is 33.0 Å². The van der Waals surface area contributed by atoms with Gasteiger partial charge in [-0.25, -0.2) is 14.0 Å². The van der Waals surface area contributed by atoms with Crippen LogP contribution in [0.15, 0.2) is 0 Å². The standard InChI is InChI=1S/C15H22FNO6/c1-5-22-13(20)12(19)7-11(18)10-6-9(16)8-17(10)14(21)23-15(2,3)4/h9-10H,5-8H2,1-4H3/t9-,10+/m1/s1. The molecule has 1 amide bonds. The van der Waals surface area contributed by atoms with Crippen molar-refractivity contribution in [3.63, 3.8) is 0 Å². The highest BCUT2D eigenvalue weighted by Crippen LogP contribution is 2.24. The Bertz CT molecular complexity index is 499. The fraction of sp³-hybridized carbons (Fsp3) is 0.733. The number of amides is 1. The lowest BCUT2D eigenvalue weighted by Gasteiger charge is -2.27. The molecular weight excluding hydrogens is 309 g/mol. The second-order valence-electron chi connectivity index (χ2n) is 6.27. The molecule has 130 valence electrons. The van der Waals surface area contributed by atoms with E-state index in [4.69, 9.17) is 4.74 Å². The number of halogens is 1. The zero-order valence-corrected chi connectivity index (χ0v) is 13.8. The van der Waals surface area contributed by atoms with Gasteiger partial charge in [0.1, 0.15) is 11.8 Å². The van der Waals surface area contributed by atoms with Gasteiger partial charge in [-0.1, -0.05) is 0 Å². The largest absolute Gasteiger partial charge is 0.460 e. The lowest BCUT2D eigenvalue weighted by atomic mass is 10.0. The number of hydrogen-bond acceptors (Lipinski definition) is 6. The number of nitrogens with zero attached hydrogens (tertiary/aromatic N) is 1. The average molecular weight is 331 g/mol. The van der Waals surface area contributed by atoms with Crippen molar-refractivity contribution in [3.05, 3.63) is 0 Å². The second-order valence-corrected chi connectivity index (χ2v) is 6.27. The van der Waals surface area contributed by atoms with Gasteiger partial charge in [-0.05, 0) is 27.7 Å². The topological polar surface area (TPSA) is 90.0 Å². The zero-order valence-electron chi connectivity index (χ0n) is 13.8. The summed E-state index contributed by atoms with van der Waals surface area (Å²) in [4.78, 5) is 48.0. The highest BCUT2D eigenvalue weighted by molar-refractivity contribution is 6.37. The molecule has 0 aliphatic carbocycles. The number of carbonyl (C=O) groups is 4. The number of carbonyl (C=O) groups excluding carboxylic acids is 4. The van der Waals surface area contributed by atoms with E-state index in [9.17, 15) is 23.6 Å². The van der Waals surface area contributed by atoms with Gasteiger partial charge in [-0.15, -0.1) is 0 Å². The van der Waals surface area contributed by atoms with E-state index < -0.39 is 47.9 Å². The van der Waals surface area contributed by atoms with Crippen molar-refractivity contribution >= 4 is 23.6 Å². The van der Waals surface area contributed by atoms with Gasteiger partial charge < -0.3 is 9.47 Å². The Morgan fingerprint density at radius 2 is 1.83 bits per heavy atom. The molecule has 1 heterocycles. The molecule has 0 N–H and O–H groups in total. The van der Waals surface area contributed by atoms with Gasteiger partial charge in [-0.3, -0.25) is 14.5 Å². The maximum Gasteiger partial charge on any atom is 0.411 e. The molecule has 0 aromatic carbocycles. The lowest BCUT2D eigenvalue weighted by molar-refractivity contribution is -0.154. The van der Waals surface area contributed by atoms with Crippen molar-refractivity contribution in [2.75, 3.05) is 13.2 Å². The first-order valence-electron chi connectivity index (χ1n) is 7.41. The van der Waals surface area contributed by atoms with Gasteiger partial charge in [0.25, 0.3) is 0 Å². The van der Waals surface area contributed by atoms with Crippen LogP contribution >= 0.6 is 0 Å². The summed E-state index contributed by atoms with van der Waals surface area (Å²) in [6.45, 7) is 6.21. The minimum atomic E-state index is -1.38. The third kappa shape index (κ3) is 5.61. The average Bonchev–Trinajstić information content (AvgIpc) is 2.79. The quantitative estimate of drug-likeness (QED) is 0.430. The maximum absolute atomic E-state index is 13.6. The Balaban J connectivity index is 2.75. The van der Waals surface area contributed by atoms with Gasteiger partial charge >= 0.3 is 12.1 Å². The van der Waals surface area contributed by atoms with E-state index in [-0.39, 0.29) is 19.6 Å². The molecule has 0 aromatic rings. The summed E-state index contributed by atoms with van der Waals surface area (Å²) in [6.07, 6.45) is -3.14. The van der Waals surface area contributed by atoms with Crippen LogP contribution in [0.4, 0.5) is 9.18 Å². The maximum atomic E-state index is 13.6. The van der Waals surface area contributed by atoms with Gasteiger partial charge in [-0.2, -0.15) is 0 Å². The van der Waals surface area contributed by atoms with E-state index in [1.54, 1.807) is 20.8 Å². The molecule has 0 bridgehead atoms. The summed E-state index contributed by atoms with van der Waals surface area (Å²) in [7, 11) is 0. The van der Waals surface area contributed by atoms with Crippen molar-refractivity contribution in [2.24, 2.45) is 0 Å². The zero-order chi connectivity index (χ0) is 17.8. The monoisotopic (exact) mass is 331 g/mol. The van der Waals surface area contributed by atoms with Crippen molar-refractivity contribution in [1.82, 2.24) is 4.90 Å². The Hall–Kier alpha value is -1.99. The van der Waals surface area contributed by atoms with E-state index in [1.807, 2.05) is 0 Å². The van der Waals surface area contributed by atoms with Crippen LogP contribution in [0.3, 0.4) is 0 Å². The van der Waals surface area contributed by atoms with E-state index in [0.717, 1.165) is 4.90 Å². The molecule has 0 spiro atoms. The third-order valence-electron chi connectivity index (χ3n) is 3.09. The SMILES string of the molecule is CCOC(=O)C(=O)CC(=O)[C@@H]1C[C@@H](F)CN1C(=O)OC(C)(C)C. The van der Waals surface area contributed by atoms with Gasteiger partial charge in [0.15, 0.2) is 5.78 Å². The molecule has 7 nitrogen and oxygen atoms in total. The smallest absolute Gasteiger partial charge is 0.411 e. The molecule has 0 unspecified atom stereocenters. The predicted molar refractivity (Wildman–Crippen MR) is 77.5 cm³/mol. The predicted octanol–water partition coefficient (Wildman–Crippen LogP) is 1.43. The third-order valence-corrected chi connectivity index (χ3v) is 3.09. The Morgan fingerprint density at radius 1 is 1.22 bits per heavy atom. The molecule has 1 aliphatic heterocycles. The second kappa shape index (κ2) is 7.52. The summed E-state index contributed by atoms with van der Waals surface area (Å²) in [6, 6.07) is -1.11. The number of ether oxygens (including phenoxy) is 2. The highest BCUT2D eigenvalue weighted by atomic mass is 19.1. The van der Waals surface area contributed by atoms with Crippen LogP contribution in [0, 0.1) is 0 Å². The van der Waals surface area contributed by atoms with E-state index in [2.05, 4.69) is 4.74 Å². The number of esters is 1. The molecule has 0 saturated carbocycles. The first-order valence-corrected chi connectivity index (χ1v) is 7.41. The molecule has 23 heavy (non-hydrogen) atoms. The molecule has 0 radical (unpaired) electrons. The summed E-state index contributed by atoms with van der Waals surface area (Å²) in [5.41, 5.74) is -0.792. The van der Waals surface area contributed by atoms with Gasteiger partial charge in [0.05, 0.1) is 25.6 Å². The van der Waals surface area contributed by atoms with E-state index >= 15 is 0 Å². The summed E-state index contributed by atoms with van der Waals surface area (Å²) in [5, 5.41) is 0. The first kappa shape index (κ1) is 19.1. The Kier molecular flexibility index (Phi) is 6.23. The number of Topliss-reactive ketones (excluding diaryl/α,β-unsaturated/α-hetero) is 2. The molecule has 1 rings (SSSR count). The lowest BCUT2D eigenvalue weighted by Crippen LogP contribution is -2.44. The Labute approximate surface area is 134 Å². The minimum absolute atomic E-state index is 0.0127. The fourth-order valence-corrected chi connectivity index (χ4v) is 2.17. The Morgan fingerprint density at radius 3 is 2.35 bits per heavy atom. The summed E-state index contributed by atoms with van der Waals surface area (Å²) in [5.74, 6) is -2.82. The van der Waals surface area contributed by atoms with E-state index in [0.29, 0.717) is 0 Å². The van der Waals surface area contributed by atoms with Crippen LogP contribution in [-0.4, -0.2) is 59.5 Å². The molecule has 1 aliphatic rings. The van der Waals surface area contributed by atoms with Crippen molar-refractivity contribution in [2.45, 2.75) is 58.4 Å². The number of likely N-dealkylation sites (tertiary alicyclic amines) is 1. The summed E-state index contributed by atoms with van der Waals surface area (Å²) >= 11 is 0. The van der Waals surface area contributed by atoms with Crippen LogP contribution in [0.1, 0.15) is 40.5 Å². The number of alkyl halides is 1. The molecule has 2 atom stereocenters. The first-order chi connectivity index (χ1) is 10.5. The highest BCUT2D eigenvalue weighted by Gasteiger charge is 2.42. The van der Waals surface area contributed by atoms with E-state index in [1.165, 1.54) is 6.92 Å². The molecule has 8 heteroatoms.